The third kappa shape index (κ3) is 5.90. The number of sulfonamides is 1. The van der Waals surface area contributed by atoms with Crippen LogP contribution in [0.15, 0.2) is 75.7 Å². The lowest BCUT2D eigenvalue weighted by Crippen LogP contribution is -2.15. The summed E-state index contributed by atoms with van der Waals surface area (Å²) in [5.41, 5.74) is 0.586. The van der Waals surface area contributed by atoms with E-state index in [0.29, 0.717) is 16.5 Å². The number of hydrogen-bond acceptors (Lipinski definition) is 7. The van der Waals surface area contributed by atoms with Crippen LogP contribution >= 0.6 is 38.9 Å². The Morgan fingerprint density at radius 2 is 1.97 bits per heavy atom. The zero-order valence-electron chi connectivity index (χ0n) is 16.6. The van der Waals surface area contributed by atoms with Gasteiger partial charge in [0.15, 0.2) is 17.6 Å². The summed E-state index contributed by atoms with van der Waals surface area (Å²) in [5, 5.41) is 9.25. The maximum atomic E-state index is 12.5. The van der Waals surface area contributed by atoms with Crippen LogP contribution in [0.25, 0.3) is 0 Å². The Bertz CT molecular complexity index is 1380. The number of anilines is 2. The molecular formula is C20H15BrClN5O4S2. The number of nitrogens with zero attached hydrogens (tertiary/aromatic N) is 3. The SMILES string of the molecule is O=C(Nc1ccc(S(=O)(=O)Nc2nccs2)cc1)c1ccn(COc2ccc(Br)cc2Cl)n1. The largest absolute Gasteiger partial charge is 0.470 e. The number of hydrogen-bond donors (Lipinski definition) is 2. The topological polar surface area (TPSA) is 115 Å². The van der Waals surface area contributed by atoms with Gasteiger partial charge in [0.25, 0.3) is 15.9 Å². The molecule has 13 heteroatoms. The molecular weight excluding hydrogens is 554 g/mol. The molecule has 2 aromatic carbocycles. The minimum atomic E-state index is -3.77. The van der Waals surface area contributed by atoms with Crippen molar-refractivity contribution in [3.8, 4) is 5.75 Å². The first-order valence-corrected chi connectivity index (χ1v) is 12.8. The predicted octanol–water partition coefficient (Wildman–Crippen LogP) is 4.85. The summed E-state index contributed by atoms with van der Waals surface area (Å²) >= 11 is 10.6. The lowest BCUT2D eigenvalue weighted by molar-refractivity contribution is 0.102. The lowest BCUT2D eigenvalue weighted by Gasteiger charge is -2.08. The number of aromatic nitrogens is 3. The third-order valence-electron chi connectivity index (χ3n) is 4.20. The molecule has 0 radical (unpaired) electrons. The molecule has 33 heavy (non-hydrogen) atoms. The van der Waals surface area contributed by atoms with E-state index in [1.54, 1.807) is 35.8 Å². The predicted molar refractivity (Wildman–Crippen MR) is 129 cm³/mol. The highest BCUT2D eigenvalue weighted by Crippen LogP contribution is 2.28. The van der Waals surface area contributed by atoms with Gasteiger partial charge in [0.1, 0.15) is 5.75 Å². The molecule has 0 atom stereocenters. The van der Waals surface area contributed by atoms with Crippen molar-refractivity contribution in [2.45, 2.75) is 11.6 Å². The van der Waals surface area contributed by atoms with Crippen LogP contribution in [-0.2, 0) is 16.8 Å². The van der Waals surface area contributed by atoms with Crippen LogP contribution < -0.4 is 14.8 Å². The number of rotatable bonds is 8. The summed E-state index contributed by atoms with van der Waals surface area (Å²) in [5.74, 6) is 0.0349. The molecule has 0 aliphatic carbocycles. The van der Waals surface area contributed by atoms with Crippen LogP contribution in [0, 0.1) is 0 Å². The molecule has 0 aliphatic rings. The molecule has 2 aromatic heterocycles. The highest BCUT2D eigenvalue weighted by atomic mass is 79.9. The van der Waals surface area contributed by atoms with E-state index in [9.17, 15) is 13.2 Å². The minimum Gasteiger partial charge on any atom is -0.470 e. The number of ether oxygens (including phenoxy) is 1. The number of benzene rings is 2. The summed E-state index contributed by atoms with van der Waals surface area (Å²) in [4.78, 5) is 16.4. The van der Waals surface area contributed by atoms with Crippen molar-refractivity contribution in [2.24, 2.45) is 0 Å². The zero-order valence-corrected chi connectivity index (χ0v) is 20.6. The molecule has 0 fully saturated rings. The van der Waals surface area contributed by atoms with Crippen molar-refractivity contribution in [1.29, 1.82) is 0 Å². The van der Waals surface area contributed by atoms with Gasteiger partial charge in [-0.25, -0.2) is 18.1 Å². The molecule has 0 aliphatic heterocycles. The van der Waals surface area contributed by atoms with Crippen molar-refractivity contribution < 1.29 is 17.9 Å². The standard InChI is InChI=1S/C20H15BrClN5O4S2/c21-13-1-6-18(16(22)11-13)31-12-27-9-7-17(25-27)19(28)24-14-2-4-15(5-3-14)33(29,30)26-20-23-8-10-32-20/h1-11H,12H2,(H,23,26)(H,24,28). The molecule has 4 aromatic rings. The number of halogens is 2. The van der Waals surface area contributed by atoms with Gasteiger partial charge in [-0.05, 0) is 48.5 Å². The van der Waals surface area contributed by atoms with E-state index in [1.807, 2.05) is 0 Å². The van der Waals surface area contributed by atoms with Crippen LogP contribution in [-0.4, -0.2) is 29.1 Å². The van der Waals surface area contributed by atoms with Crippen LogP contribution in [0.5, 0.6) is 5.75 Å². The maximum absolute atomic E-state index is 12.5. The normalized spacial score (nSPS) is 11.2. The van der Waals surface area contributed by atoms with Crippen molar-refractivity contribution in [1.82, 2.24) is 14.8 Å². The second kappa shape index (κ2) is 9.91. The Labute approximate surface area is 206 Å². The Morgan fingerprint density at radius 1 is 1.18 bits per heavy atom. The van der Waals surface area contributed by atoms with E-state index in [-0.39, 0.29) is 22.5 Å². The van der Waals surface area contributed by atoms with Crippen LogP contribution in [0.2, 0.25) is 5.02 Å². The van der Waals surface area contributed by atoms with Gasteiger partial charge in [-0.2, -0.15) is 5.10 Å². The monoisotopic (exact) mass is 567 g/mol. The quantitative estimate of drug-likeness (QED) is 0.314. The van der Waals surface area contributed by atoms with Gasteiger partial charge in [0.05, 0.1) is 9.92 Å². The number of amides is 1. The average molecular weight is 569 g/mol. The molecule has 2 N–H and O–H groups in total. The molecule has 1 amide bonds. The molecule has 0 bridgehead atoms. The van der Waals surface area contributed by atoms with Gasteiger partial charge in [-0.15, -0.1) is 11.3 Å². The van der Waals surface area contributed by atoms with E-state index in [4.69, 9.17) is 16.3 Å². The highest BCUT2D eigenvalue weighted by molar-refractivity contribution is 9.10. The fourth-order valence-corrected chi connectivity index (χ4v) is 5.16. The summed E-state index contributed by atoms with van der Waals surface area (Å²) in [6.45, 7) is 0.0628. The van der Waals surface area contributed by atoms with Gasteiger partial charge in [-0.1, -0.05) is 27.5 Å². The second-order valence-corrected chi connectivity index (χ2v) is 10.4. The van der Waals surface area contributed by atoms with Gasteiger partial charge in [-0.3, -0.25) is 9.52 Å². The summed E-state index contributed by atoms with van der Waals surface area (Å²) in [6.07, 6.45) is 3.10. The molecule has 2 heterocycles. The van der Waals surface area contributed by atoms with E-state index < -0.39 is 15.9 Å². The lowest BCUT2D eigenvalue weighted by atomic mass is 10.3. The van der Waals surface area contributed by atoms with Crippen LogP contribution in [0.4, 0.5) is 10.8 Å². The van der Waals surface area contributed by atoms with Gasteiger partial charge < -0.3 is 10.1 Å². The average Bonchev–Trinajstić information content (AvgIpc) is 3.45. The first-order valence-electron chi connectivity index (χ1n) is 9.25. The Hall–Kier alpha value is -2.93. The Morgan fingerprint density at radius 3 is 2.67 bits per heavy atom. The van der Waals surface area contributed by atoms with Gasteiger partial charge in [0.2, 0.25) is 0 Å². The van der Waals surface area contributed by atoms with Crippen LogP contribution in [0.1, 0.15) is 10.5 Å². The molecule has 0 saturated carbocycles. The first-order chi connectivity index (χ1) is 15.8. The maximum Gasteiger partial charge on any atom is 0.276 e. The van der Waals surface area contributed by atoms with E-state index in [1.165, 1.54) is 46.5 Å². The minimum absolute atomic E-state index is 0.0451. The van der Waals surface area contributed by atoms with Crippen molar-refractivity contribution in [3.63, 3.8) is 0 Å². The highest BCUT2D eigenvalue weighted by Gasteiger charge is 2.16. The fourth-order valence-electron chi connectivity index (χ4n) is 2.64. The molecule has 170 valence electrons. The molecule has 0 spiro atoms. The molecule has 0 saturated heterocycles. The number of carbonyl (C=O) groups is 1. The Balaban J connectivity index is 1.36. The second-order valence-electron chi connectivity index (χ2n) is 6.51. The van der Waals surface area contributed by atoms with Crippen molar-refractivity contribution in [2.75, 3.05) is 10.0 Å². The number of carbonyl (C=O) groups excluding carboxylic acids is 1. The molecule has 9 nitrogen and oxygen atoms in total. The van der Waals surface area contributed by atoms with Gasteiger partial charge >= 0.3 is 0 Å². The summed E-state index contributed by atoms with van der Waals surface area (Å²) in [6, 6.07) is 12.5. The molecule has 4 rings (SSSR count). The fraction of sp³-hybridized carbons (Fsp3) is 0.0500. The number of thiazole rings is 1. The van der Waals surface area contributed by atoms with Crippen LogP contribution in [0.3, 0.4) is 0 Å². The van der Waals surface area contributed by atoms with Crippen molar-refractivity contribution in [3.05, 3.63) is 81.5 Å². The number of nitrogens with one attached hydrogen (secondary N) is 2. The third-order valence-corrected chi connectivity index (χ3v) is 7.16. The smallest absolute Gasteiger partial charge is 0.276 e. The summed E-state index contributed by atoms with van der Waals surface area (Å²) in [7, 11) is -3.77. The van der Waals surface area contributed by atoms with Gasteiger partial charge in [0, 0.05) is 27.9 Å². The summed E-state index contributed by atoms with van der Waals surface area (Å²) < 4.78 is 35.1. The van der Waals surface area contributed by atoms with E-state index in [2.05, 4.69) is 36.1 Å². The molecule has 0 unspecified atom stereocenters. The van der Waals surface area contributed by atoms with Crippen molar-refractivity contribution >= 4 is 65.6 Å². The van der Waals surface area contributed by atoms with E-state index >= 15 is 0 Å². The zero-order chi connectivity index (χ0) is 23.4. The first kappa shape index (κ1) is 23.2. The Kier molecular flexibility index (Phi) is 6.98. The van der Waals surface area contributed by atoms with E-state index in [0.717, 1.165) is 4.47 Å².